The number of alkyl halides is 3. The first kappa shape index (κ1) is 20.6. The van der Waals surface area contributed by atoms with Gasteiger partial charge in [-0.2, -0.15) is 13.2 Å². The predicted molar refractivity (Wildman–Crippen MR) is 109 cm³/mol. The third-order valence-electron chi connectivity index (χ3n) is 4.91. The average molecular weight is 428 g/mol. The Morgan fingerprint density at radius 1 is 0.968 bits per heavy atom. The Hall–Kier alpha value is -3.69. The van der Waals surface area contributed by atoms with E-state index in [-0.39, 0.29) is 5.56 Å². The van der Waals surface area contributed by atoms with Crippen molar-refractivity contribution in [2.24, 2.45) is 0 Å². The molecule has 2 aromatic heterocycles. The maximum absolute atomic E-state index is 12.9. The molecule has 0 saturated carbocycles. The van der Waals surface area contributed by atoms with E-state index < -0.39 is 17.6 Å². The van der Waals surface area contributed by atoms with Crippen LogP contribution in [-0.4, -0.2) is 52.2 Å². The Kier molecular flexibility index (Phi) is 5.70. The predicted octanol–water partition coefficient (Wildman–Crippen LogP) is 3.60. The molecule has 1 aromatic carbocycles. The standard InChI is InChI=1S/C21H19F3N6O/c22-21(23,24)16-4-1-3-15(13-16)20(31)30-11-9-29(10-12-30)19-7-6-18(27-28-19)26-17-5-2-8-25-14-17/h1-8,13-14H,9-12H2,(H,26,27). The molecule has 160 valence electrons. The van der Waals surface area contributed by atoms with Gasteiger partial charge in [0.1, 0.15) is 0 Å². The number of carbonyl (C=O) groups excluding carboxylic acids is 1. The number of amides is 1. The number of halogens is 3. The molecule has 1 aliphatic heterocycles. The third-order valence-corrected chi connectivity index (χ3v) is 4.91. The van der Waals surface area contributed by atoms with Gasteiger partial charge in [-0.3, -0.25) is 9.78 Å². The zero-order chi connectivity index (χ0) is 21.8. The van der Waals surface area contributed by atoms with E-state index in [9.17, 15) is 18.0 Å². The van der Waals surface area contributed by atoms with Gasteiger partial charge in [0.15, 0.2) is 11.6 Å². The fraction of sp³-hybridized carbons (Fsp3) is 0.238. The van der Waals surface area contributed by atoms with Gasteiger partial charge < -0.3 is 15.1 Å². The molecule has 0 aliphatic carbocycles. The summed E-state index contributed by atoms with van der Waals surface area (Å²) in [4.78, 5) is 20.2. The smallest absolute Gasteiger partial charge is 0.352 e. The Labute approximate surface area is 176 Å². The van der Waals surface area contributed by atoms with Crippen molar-refractivity contribution in [3.05, 3.63) is 72.1 Å². The van der Waals surface area contributed by atoms with E-state index in [4.69, 9.17) is 0 Å². The summed E-state index contributed by atoms with van der Waals surface area (Å²) in [6.07, 6.45) is -1.13. The molecular formula is C21H19F3N6O. The van der Waals surface area contributed by atoms with E-state index in [1.54, 1.807) is 23.4 Å². The summed E-state index contributed by atoms with van der Waals surface area (Å²) in [6.45, 7) is 1.78. The molecule has 4 rings (SSSR count). The van der Waals surface area contributed by atoms with Crippen LogP contribution in [0.2, 0.25) is 0 Å². The Bertz CT molecular complexity index is 1030. The molecule has 1 saturated heterocycles. The first-order valence-electron chi connectivity index (χ1n) is 9.62. The van der Waals surface area contributed by atoms with Crippen molar-refractivity contribution in [1.29, 1.82) is 0 Å². The van der Waals surface area contributed by atoms with Gasteiger partial charge in [-0.25, -0.2) is 0 Å². The minimum absolute atomic E-state index is 0.0360. The van der Waals surface area contributed by atoms with Crippen LogP contribution in [0.3, 0.4) is 0 Å². The fourth-order valence-corrected chi connectivity index (χ4v) is 3.29. The normalized spacial score (nSPS) is 14.4. The molecule has 1 fully saturated rings. The van der Waals surface area contributed by atoms with Crippen LogP contribution in [0, 0.1) is 0 Å². The largest absolute Gasteiger partial charge is 0.416 e. The minimum Gasteiger partial charge on any atom is -0.352 e. The molecule has 3 aromatic rings. The lowest BCUT2D eigenvalue weighted by atomic mass is 10.1. The lowest BCUT2D eigenvalue weighted by Gasteiger charge is -2.35. The number of piperazine rings is 1. The number of hydrogen-bond donors (Lipinski definition) is 1. The van der Waals surface area contributed by atoms with Crippen LogP contribution in [0.1, 0.15) is 15.9 Å². The van der Waals surface area contributed by atoms with Gasteiger partial charge in [0.25, 0.3) is 5.91 Å². The highest BCUT2D eigenvalue weighted by Crippen LogP contribution is 2.30. The van der Waals surface area contributed by atoms with Gasteiger partial charge >= 0.3 is 6.18 Å². The van der Waals surface area contributed by atoms with Crippen molar-refractivity contribution in [2.75, 3.05) is 36.4 Å². The van der Waals surface area contributed by atoms with Gasteiger partial charge in [0, 0.05) is 37.9 Å². The SMILES string of the molecule is O=C(c1cccc(C(F)(F)F)c1)N1CCN(c2ccc(Nc3cccnc3)nn2)CC1. The maximum Gasteiger partial charge on any atom is 0.416 e. The topological polar surface area (TPSA) is 74.2 Å². The molecule has 0 unspecified atom stereocenters. The van der Waals surface area contributed by atoms with Gasteiger partial charge in [-0.1, -0.05) is 6.07 Å². The van der Waals surface area contributed by atoms with Crippen molar-refractivity contribution in [2.45, 2.75) is 6.18 Å². The number of hydrogen-bond acceptors (Lipinski definition) is 6. The van der Waals surface area contributed by atoms with Crippen molar-refractivity contribution < 1.29 is 18.0 Å². The molecule has 1 amide bonds. The minimum atomic E-state index is -4.48. The molecular weight excluding hydrogens is 409 g/mol. The van der Waals surface area contributed by atoms with E-state index in [0.29, 0.717) is 37.8 Å². The molecule has 1 aliphatic rings. The molecule has 0 bridgehead atoms. The van der Waals surface area contributed by atoms with Gasteiger partial charge in [0.05, 0.1) is 17.4 Å². The molecule has 0 radical (unpaired) electrons. The summed E-state index contributed by atoms with van der Waals surface area (Å²) < 4.78 is 38.7. The molecule has 3 heterocycles. The second kappa shape index (κ2) is 8.58. The number of nitrogens with zero attached hydrogens (tertiary/aromatic N) is 5. The monoisotopic (exact) mass is 428 g/mol. The van der Waals surface area contributed by atoms with Gasteiger partial charge in [-0.15, -0.1) is 10.2 Å². The summed E-state index contributed by atoms with van der Waals surface area (Å²) >= 11 is 0. The quantitative estimate of drug-likeness (QED) is 0.685. The maximum atomic E-state index is 12.9. The Balaban J connectivity index is 1.36. The second-order valence-corrected chi connectivity index (χ2v) is 7.00. The summed E-state index contributed by atoms with van der Waals surface area (Å²) in [5.74, 6) is 0.839. The lowest BCUT2D eigenvalue weighted by molar-refractivity contribution is -0.137. The fourth-order valence-electron chi connectivity index (χ4n) is 3.29. The summed E-state index contributed by atoms with van der Waals surface area (Å²) in [5.41, 5.74) is 0.00686. The molecule has 7 nitrogen and oxygen atoms in total. The van der Waals surface area contributed by atoms with Crippen molar-refractivity contribution in [3.8, 4) is 0 Å². The Morgan fingerprint density at radius 3 is 2.42 bits per heavy atom. The molecule has 0 atom stereocenters. The number of rotatable bonds is 4. The van der Waals surface area contributed by atoms with Crippen LogP contribution < -0.4 is 10.2 Å². The van der Waals surface area contributed by atoms with E-state index in [1.165, 1.54) is 12.1 Å². The van der Waals surface area contributed by atoms with Crippen LogP contribution in [-0.2, 0) is 6.18 Å². The number of benzene rings is 1. The van der Waals surface area contributed by atoms with E-state index in [2.05, 4.69) is 20.5 Å². The molecule has 10 heteroatoms. The zero-order valence-electron chi connectivity index (χ0n) is 16.4. The summed E-state index contributed by atoms with van der Waals surface area (Å²) in [6, 6.07) is 11.8. The Morgan fingerprint density at radius 2 is 1.77 bits per heavy atom. The summed E-state index contributed by atoms with van der Waals surface area (Å²) in [5, 5.41) is 11.5. The highest BCUT2D eigenvalue weighted by molar-refractivity contribution is 5.94. The van der Waals surface area contributed by atoms with Crippen LogP contribution >= 0.6 is 0 Å². The summed E-state index contributed by atoms with van der Waals surface area (Å²) in [7, 11) is 0. The molecule has 31 heavy (non-hydrogen) atoms. The highest BCUT2D eigenvalue weighted by atomic mass is 19.4. The number of carbonyl (C=O) groups is 1. The van der Waals surface area contributed by atoms with E-state index in [1.807, 2.05) is 23.1 Å². The number of anilines is 3. The van der Waals surface area contributed by atoms with E-state index in [0.717, 1.165) is 17.8 Å². The molecule has 0 spiro atoms. The third kappa shape index (κ3) is 4.90. The average Bonchev–Trinajstić information content (AvgIpc) is 2.79. The van der Waals surface area contributed by atoms with Gasteiger partial charge in [0.2, 0.25) is 0 Å². The van der Waals surface area contributed by atoms with E-state index >= 15 is 0 Å². The highest BCUT2D eigenvalue weighted by Gasteiger charge is 2.31. The first-order chi connectivity index (χ1) is 14.9. The number of pyridine rings is 1. The van der Waals surface area contributed by atoms with Crippen molar-refractivity contribution in [1.82, 2.24) is 20.1 Å². The van der Waals surface area contributed by atoms with Crippen LogP contribution in [0.4, 0.5) is 30.5 Å². The first-order valence-corrected chi connectivity index (χ1v) is 9.62. The lowest BCUT2D eigenvalue weighted by Crippen LogP contribution is -2.49. The number of aromatic nitrogens is 3. The molecule has 1 N–H and O–H groups in total. The van der Waals surface area contributed by atoms with Crippen molar-refractivity contribution >= 4 is 23.2 Å². The van der Waals surface area contributed by atoms with Gasteiger partial charge in [-0.05, 0) is 42.5 Å². The van der Waals surface area contributed by atoms with Crippen molar-refractivity contribution in [3.63, 3.8) is 0 Å². The van der Waals surface area contributed by atoms with Crippen LogP contribution in [0.15, 0.2) is 60.9 Å². The van der Waals surface area contributed by atoms with Crippen LogP contribution in [0.25, 0.3) is 0 Å². The second-order valence-electron chi connectivity index (χ2n) is 7.00. The zero-order valence-corrected chi connectivity index (χ0v) is 16.4. The van der Waals surface area contributed by atoms with Crippen LogP contribution in [0.5, 0.6) is 0 Å². The number of nitrogens with one attached hydrogen (secondary N) is 1.